The SMILES string of the molecule is Cc1cc(=O)[nH]c(SCc2c(Cl)cccc2[N+](=O)[O-])n1.Cc1cc(=O)[nH]c(SCc2c(N)cccc2Cl)n1. The minimum Gasteiger partial charge on any atom is -0.398 e. The summed E-state index contributed by atoms with van der Waals surface area (Å²) in [5.74, 6) is 0.820. The lowest BCUT2D eigenvalue weighted by Crippen LogP contribution is -2.08. The number of nitro benzene ring substituents is 1. The van der Waals surface area contributed by atoms with Crippen molar-refractivity contribution in [3.8, 4) is 0 Å². The number of thioether (sulfide) groups is 2. The van der Waals surface area contributed by atoms with E-state index in [0.29, 0.717) is 48.7 Å². The molecule has 10 nitrogen and oxygen atoms in total. The minimum absolute atomic E-state index is 0.0417. The molecule has 38 heavy (non-hydrogen) atoms. The van der Waals surface area contributed by atoms with E-state index in [9.17, 15) is 19.7 Å². The van der Waals surface area contributed by atoms with Crippen LogP contribution in [0.25, 0.3) is 0 Å². The molecule has 0 saturated carbocycles. The molecule has 0 aliphatic carbocycles. The number of nitrogen functional groups attached to an aromatic ring is 1. The van der Waals surface area contributed by atoms with E-state index < -0.39 is 4.92 Å². The average Bonchev–Trinajstić information content (AvgIpc) is 2.82. The summed E-state index contributed by atoms with van der Waals surface area (Å²) in [5, 5.41) is 12.9. The topological polar surface area (TPSA) is 161 Å². The van der Waals surface area contributed by atoms with Gasteiger partial charge in [0.25, 0.3) is 16.8 Å². The van der Waals surface area contributed by atoms with Gasteiger partial charge in [-0.15, -0.1) is 0 Å². The van der Waals surface area contributed by atoms with Gasteiger partial charge in [-0.05, 0) is 32.0 Å². The number of nitrogens with two attached hydrogens (primary N) is 1. The van der Waals surface area contributed by atoms with Crippen LogP contribution in [0.1, 0.15) is 22.5 Å². The first-order chi connectivity index (χ1) is 18.0. The maximum Gasteiger partial charge on any atom is 0.274 e. The highest BCUT2D eigenvalue weighted by Crippen LogP contribution is 2.31. The van der Waals surface area contributed by atoms with E-state index >= 15 is 0 Å². The molecule has 4 rings (SSSR count). The predicted octanol–water partition coefficient (Wildman–Crippen LogP) is 5.54. The summed E-state index contributed by atoms with van der Waals surface area (Å²) in [6, 6.07) is 12.7. The van der Waals surface area contributed by atoms with Crippen molar-refractivity contribution in [1.29, 1.82) is 0 Å². The minimum atomic E-state index is -0.478. The van der Waals surface area contributed by atoms with Gasteiger partial charge < -0.3 is 15.7 Å². The molecule has 0 aliphatic heterocycles. The van der Waals surface area contributed by atoms with Crippen molar-refractivity contribution in [2.45, 2.75) is 35.7 Å². The Bertz CT molecular complexity index is 1560. The summed E-state index contributed by atoms with van der Waals surface area (Å²) in [4.78, 5) is 46.7. The van der Waals surface area contributed by atoms with Gasteiger partial charge in [0.15, 0.2) is 10.3 Å². The van der Waals surface area contributed by atoms with Crippen molar-refractivity contribution in [3.63, 3.8) is 0 Å². The molecule has 14 heteroatoms. The van der Waals surface area contributed by atoms with Crippen molar-refractivity contribution >= 4 is 58.1 Å². The zero-order valence-electron chi connectivity index (χ0n) is 20.2. The van der Waals surface area contributed by atoms with Gasteiger partial charge in [-0.2, -0.15) is 0 Å². The molecule has 2 aromatic heterocycles. The number of hydrogen-bond acceptors (Lipinski definition) is 9. The predicted molar refractivity (Wildman–Crippen MR) is 152 cm³/mol. The highest BCUT2D eigenvalue weighted by Gasteiger charge is 2.17. The van der Waals surface area contributed by atoms with Gasteiger partial charge in [0.2, 0.25) is 0 Å². The van der Waals surface area contributed by atoms with Crippen LogP contribution in [0.2, 0.25) is 10.0 Å². The lowest BCUT2D eigenvalue weighted by atomic mass is 10.2. The molecule has 0 aliphatic rings. The number of H-pyrrole nitrogens is 2. The first kappa shape index (κ1) is 29.2. The first-order valence-electron chi connectivity index (χ1n) is 10.9. The molecule has 0 amide bonds. The Morgan fingerprint density at radius 3 is 1.82 bits per heavy atom. The summed E-state index contributed by atoms with van der Waals surface area (Å²) in [5.41, 5.74) is 8.59. The molecule has 0 atom stereocenters. The molecule has 0 radical (unpaired) electrons. The Hall–Kier alpha value is -3.32. The molecule has 4 aromatic rings. The number of benzene rings is 2. The highest BCUT2D eigenvalue weighted by atomic mass is 35.5. The normalized spacial score (nSPS) is 10.5. The molecular formula is C24H22Cl2N6O4S2. The number of nitro groups is 1. The Kier molecular flexibility index (Phi) is 10.4. The largest absolute Gasteiger partial charge is 0.398 e. The van der Waals surface area contributed by atoms with Crippen molar-refractivity contribution in [3.05, 3.63) is 112 Å². The standard InChI is InChI=1S/C12H10ClN3O3S.C12H12ClN3OS/c1-7-5-11(17)15-12(14-7)20-6-8-9(13)3-2-4-10(8)16(18)19;1-7-5-11(17)16-12(15-7)18-6-8-9(13)3-2-4-10(8)14/h2-5H,6H2,1H3,(H,14,15,17);2-5H,6,14H2,1H3,(H,15,16,17). The summed E-state index contributed by atoms with van der Waals surface area (Å²) in [6.07, 6.45) is 0. The van der Waals surface area contributed by atoms with E-state index in [4.69, 9.17) is 28.9 Å². The lowest BCUT2D eigenvalue weighted by molar-refractivity contribution is -0.385. The Morgan fingerprint density at radius 1 is 0.868 bits per heavy atom. The molecule has 4 N–H and O–H groups in total. The second-order valence-electron chi connectivity index (χ2n) is 7.76. The van der Waals surface area contributed by atoms with Gasteiger partial charge in [0.1, 0.15) is 0 Å². The summed E-state index contributed by atoms with van der Waals surface area (Å²) in [7, 11) is 0. The van der Waals surface area contributed by atoms with Gasteiger partial charge in [0, 0.05) is 57.4 Å². The molecule has 2 aromatic carbocycles. The number of hydrogen-bond donors (Lipinski definition) is 3. The monoisotopic (exact) mass is 592 g/mol. The van der Waals surface area contributed by atoms with Gasteiger partial charge >= 0.3 is 0 Å². The molecule has 0 unspecified atom stereocenters. The maximum absolute atomic E-state index is 11.3. The second kappa shape index (κ2) is 13.5. The lowest BCUT2D eigenvalue weighted by Gasteiger charge is -2.07. The highest BCUT2D eigenvalue weighted by molar-refractivity contribution is 7.98. The van der Waals surface area contributed by atoms with Gasteiger partial charge in [0.05, 0.1) is 15.5 Å². The van der Waals surface area contributed by atoms with Gasteiger partial charge in [-0.1, -0.05) is 58.9 Å². The number of aromatic amines is 2. The first-order valence-corrected chi connectivity index (χ1v) is 13.6. The fourth-order valence-corrected chi connectivity index (χ4v) is 5.70. The molecule has 198 valence electrons. The van der Waals surface area contributed by atoms with Crippen LogP contribution in [0.4, 0.5) is 11.4 Å². The summed E-state index contributed by atoms with van der Waals surface area (Å²) >= 11 is 14.7. The molecular weight excluding hydrogens is 571 g/mol. The Labute approximate surface area is 235 Å². The number of anilines is 1. The van der Waals surface area contributed by atoms with Crippen molar-refractivity contribution in [1.82, 2.24) is 19.9 Å². The van der Waals surface area contributed by atoms with Crippen LogP contribution in [-0.4, -0.2) is 24.9 Å². The quantitative estimate of drug-likeness (QED) is 0.0822. The number of halogens is 2. The van der Waals surface area contributed by atoms with Gasteiger partial charge in [-0.3, -0.25) is 19.7 Å². The Balaban J connectivity index is 0.000000212. The van der Waals surface area contributed by atoms with E-state index in [-0.39, 0.29) is 22.6 Å². The molecule has 0 saturated heterocycles. The fourth-order valence-electron chi connectivity index (χ4n) is 3.11. The Morgan fingerprint density at radius 2 is 1.34 bits per heavy atom. The van der Waals surface area contributed by atoms with E-state index in [1.807, 2.05) is 0 Å². The number of aryl methyl sites for hydroxylation is 2. The van der Waals surface area contributed by atoms with Crippen LogP contribution in [0.3, 0.4) is 0 Å². The van der Waals surface area contributed by atoms with E-state index in [0.717, 1.165) is 5.56 Å². The van der Waals surface area contributed by atoms with Crippen LogP contribution < -0.4 is 16.9 Å². The summed E-state index contributed by atoms with van der Waals surface area (Å²) < 4.78 is 0. The fraction of sp³-hybridized carbons (Fsp3) is 0.167. The van der Waals surface area contributed by atoms with Crippen molar-refractivity contribution in [2.75, 3.05) is 5.73 Å². The van der Waals surface area contributed by atoms with E-state index in [2.05, 4.69) is 19.9 Å². The number of aromatic nitrogens is 4. The van der Waals surface area contributed by atoms with Crippen LogP contribution >= 0.6 is 46.7 Å². The van der Waals surface area contributed by atoms with Crippen LogP contribution in [-0.2, 0) is 11.5 Å². The number of nitrogens with one attached hydrogen (secondary N) is 2. The zero-order chi connectivity index (χ0) is 27.8. The van der Waals surface area contributed by atoms with Crippen molar-refractivity contribution in [2.24, 2.45) is 0 Å². The zero-order valence-corrected chi connectivity index (χ0v) is 23.3. The maximum atomic E-state index is 11.3. The third kappa shape index (κ3) is 8.35. The third-order valence-electron chi connectivity index (χ3n) is 4.85. The summed E-state index contributed by atoms with van der Waals surface area (Å²) in [6.45, 7) is 3.49. The number of rotatable bonds is 7. The van der Waals surface area contributed by atoms with E-state index in [1.165, 1.54) is 47.8 Å². The third-order valence-corrected chi connectivity index (χ3v) is 7.36. The van der Waals surface area contributed by atoms with Crippen LogP contribution in [0.5, 0.6) is 0 Å². The molecule has 0 bridgehead atoms. The average molecular weight is 594 g/mol. The van der Waals surface area contributed by atoms with Gasteiger partial charge in [-0.25, -0.2) is 9.97 Å². The molecule has 2 heterocycles. The van der Waals surface area contributed by atoms with Crippen LogP contribution in [0.15, 0.2) is 68.4 Å². The van der Waals surface area contributed by atoms with Crippen LogP contribution in [0, 0.1) is 24.0 Å². The molecule has 0 fully saturated rings. The molecule has 0 spiro atoms. The second-order valence-corrected chi connectivity index (χ2v) is 10.5. The smallest absolute Gasteiger partial charge is 0.274 e. The van der Waals surface area contributed by atoms with Crippen molar-refractivity contribution < 1.29 is 4.92 Å². The van der Waals surface area contributed by atoms with E-state index in [1.54, 1.807) is 38.1 Å². The number of nitrogens with zero attached hydrogens (tertiary/aromatic N) is 3.